The molecule has 0 radical (unpaired) electrons. The lowest BCUT2D eigenvalue weighted by Gasteiger charge is -2.31. The molecule has 0 saturated heterocycles. The van der Waals surface area contributed by atoms with Crippen LogP contribution in [0.4, 0.5) is 0 Å². The van der Waals surface area contributed by atoms with E-state index in [1.165, 1.54) is 0 Å². The van der Waals surface area contributed by atoms with Gasteiger partial charge in [0.25, 0.3) is 0 Å². The van der Waals surface area contributed by atoms with Crippen LogP contribution < -0.4 is 0 Å². The molecule has 1 N–H and O–H groups in total. The second-order valence-corrected chi connectivity index (χ2v) is 5.54. The average molecular weight is 256 g/mol. The van der Waals surface area contributed by atoms with E-state index in [1.54, 1.807) is 0 Å². The van der Waals surface area contributed by atoms with Gasteiger partial charge in [-0.2, -0.15) is 0 Å². The first kappa shape index (κ1) is 14.8. The molecule has 0 heterocycles. The van der Waals surface area contributed by atoms with Gasteiger partial charge in [-0.1, -0.05) is 20.8 Å². The molecule has 102 valence electrons. The molecule has 0 spiro atoms. The van der Waals surface area contributed by atoms with Gasteiger partial charge >= 0.3 is 6.04 Å². The minimum absolute atomic E-state index is 0.154. The molecule has 0 aromatic heterocycles. The highest BCUT2D eigenvalue weighted by Gasteiger charge is 2.45. The Balaban J connectivity index is 3.08. The van der Waals surface area contributed by atoms with Crippen LogP contribution in [0.5, 0.6) is 0 Å². The normalized spacial score (nSPS) is 27.2. The van der Waals surface area contributed by atoms with Crippen molar-refractivity contribution in [1.82, 2.24) is 0 Å². The number of aliphatic hydroxyl groups excluding tert-OH is 1. The summed E-state index contributed by atoms with van der Waals surface area (Å²) in [6.45, 7) is 5.49. The van der Waals surface area contributed by atoms with Gasteiger partial charge in [0.1, 0.15) is 0 Å². The van der Waals surface area contributed by atoms with E-state index in [0.717, 1.165) is 0 Å². The van der Waals surface area contributed by atoms with Gasteiger partial charge in [-0.05, 0) is 18.3 Å². The molecule has 1 rings (SSSR count). The Morgan fingerprint density at radius 2 is 2.17 bits per heavy atom. The van der Waals surface area contributed by atoms with E-state index >= 15 is 0 Å². The van der Waals surface area contributed by atoms with Crippen LogP contribution in [0.25, 0.3) is 0 Å². The minimum atomic E-state index is -1.32. The number of carbonyl (C=O) groups is 1. The Labute approximate surface area is 106 Å². The van der Waals surface area contributed by atoms with Crippen LogP contribution in [-0.2, 0) is 4.79 Å². The Kier molecular flexibility index (Phi) is 4.56. The van der Waals surface area contributed by atoms with E-state index in [1.807, 2.05) is 20.8 Å². The number of hydrogen-bond donors (Lipinski definition) is 1. The van der Waals surface area contributed by atoms with Crippen molar-refractivity contribution in [3.05, 3.63) is 10.1 Å². The molecule has 2 unspecified atom stereocenters. The van der Waals surface area contributed by atoms with Crippen LogP contribution >= 0.6 is 0 Å². The Morgan fingerprint density at radius 3 is 2.61 bits per heavy atom. The molecular formula is C12H20N2O4. The number of hydrogen-bond acceptors (Lipinski definition) is 5. The number of nitrogens with zero attached hydrogens (tertiary/aromatic N) is 2. The van der Waals surface area contributed by atoms with Crippen molar-refractivity contribution < 1.29 is 14.8 Å². The summed E-state index contributed by atoms with van der Waals surface area (Å²) in [5, 5.41) is 20.1. The van der Waals surface area contributed by atoms with Gasteiger partial charge in [0, 0.05) is 11.3 Å². The highest BCUT2D eigenvalue weighted by molar-refractivity contribution is 6.10. The third-order valence-electron chi connectivity index (χ3n) is 3.17. The first-order valence-electron chi connectivity index (χ1n) is 6.14. The Hall–Kier alpha value is -1.30. The summed E-state index contributed by atoms with van der Waals surface area (Å²) in [5.74, 6) is -0.386. The van der Waals surface area contributed by atoms with Gasteiger partial charge in [0.2, 0.25) is 5.78 Å². The Bertz CT molecular complexity index is 372. The summed E-state index contributed by atoms with van der Waals surface area (Å²) >= 11 is 0. The summed E-state index contributed by atoms with van der Waals surface area (Å²) in [7, 11) is 0. The number of nitro groups is 1. The number of aliphatic hydroxyl groups is 1. The van der Waals surface area contributed by atoms with Crippen LogP contribution in [0.1, 0.15) is 40.0 Å². The van der Waals surface area contributed by atoms with E-state index < -0.39 is 11.0 Å². The highest BCUT2D eigenvalue weighted by atomic mass is 16.6. The summed E-state index contributed by atoms with van der Waals surface area (Å²) < 4.78 is 0. The van der Waals surface area contributed by atoms with Gasteiger partial charge in [-0.3, -0.25) is 19.9 Å². The number of Topliss-reactive ketones (excluding diaryl/α,β-unsaturated/α-hetero) is 1. The maximum atomic E-state index is 11.8. The third kappa shape index (κ3) is 3.35. The monoisotopic (exact) mass is 256 g/mol. The maximum Gasteiger partial charge on any atom is 0.307 e. The van der Waals surface area contributed by atoms with Crippen molar-refractivity contribution in [3.63, 3.8) is 0 Å². The SMILES string of the molecule is CCC(CO)N=C1CC(C)(C)CC(=O)C1[N+](=O)[O-]. The first-order chi connectivity index (χ1) is 8.30. The van der Waals surface area contributed by atoms with Gasteiger partial charge < -0.3 is 5.11 Å². The first-order valence-corrected chi connectivity index (χ1v) is 6.14. The fourth-order valence-corrected chi connectivity index (χ4v) is 2.25. The van der Waals surface area contributed by atoms with E-state index in [9.17, 15) is 14.9 Å². The highest BCUT2D eigenvalue weighted by Crippen LogP contribution is 2.33. The van der Waals surface area contributed by atoms with Crippen molar-refractivity contribution in [2.75, 3.05) is 6.61 Å². The van der Waals surface area contributed by atoms with Crippen LogP contribution in [-0.4, -0.2) is 40.2 Å². The van der Waals surface area contributed by atoms with Gasteiger partial charge in [0.05, 0.1) is 18.4 Å². The minimum Gasteiger partial charge on any atom is -0.394 e. The number of ketones is 1. The molecule has 0 bridgehead atoms. The van der Waals surface area contributed by atoms with E-state index in [0.29, 0.717) is 18.6 Å². The molecule has 0 amide bonds. The summed E-state index contributed by atoms with van der Waals surface area (Å²) in [5.41, 5.74) is 0.0121. The molecule has 1 saturated carbocycles. The number of carbonyl (C=O) groups excluding carboxylic acids is 1. The molecule has 1 aliphatic carbocycles. The van der Waals surface area contributed by atoms with Crippen LogP contribution in [0.2, 0.25) is 0 Å². The molecule has 18 heavy (non-hydrogen) atoms. The van der Waals surface area contributed by atoms with Crippen molar-refractivity contribution in [2.24, 2.45) is 10.4 Å². The fourth-order valence-electron chi connectivity index (χ4n) is 2.25. The van der Waals surface area contributed by atoms with Gasteiger partial charge in [-0.15, -0.1) is 0 Å². The van der Waals surface area contributed by atoms with Crippen molar-refractivity contribution in [3.8, 4) is 0 Å². The van der Waals surface area contributed by atoms with Gasteiger partial charge in [0.15, 0.2) is 0 Å². The topological polar surface area (TPSA) is 92.8 Å². The fraction of sp³-hybridized carbons (Fsp3) is 0.833. The van der Waals surface area contributed by atoms with E-state index in [-0.39, 0.29) is 30.3 Å². The standard InChI is InChI=1S/C12H20N2O4/c1-4-8(7-15)13-9-5-12(2,3)6-10(16)11(9)14(17)18/h8,11,15H,4-7H2,1-3H3. The molecule has 0 aromatic rings. The zero-order valence-corrected chi connectivity index (χ0v) is 11.0. The van der Waals surface area contributed by atoms with Crippen molar-refractivity contribution >= 4 is 11.5 Å². The van der Waals surface area contributed by atoms with E-state index in [2.05, 4.69) is 4.99 Å². The zero-order chi connectivity index (χ0) is 13.9. The molecule has 6 heteroatoms. The van der Waals surface area contributed by atoms with Crippen LogP contribution in [0.15, 0.2) is 4.99 Å². The second-order valence-electron chi connectivity index (χ2n) is 5.54. The number of rotatable bonds is 4. The molecule has 0 aromatic carbocycles. The lowest BCUT2D eigenvalue weighted by Crippen LogP contribution is -2.46. The largest absolute Gasteiger partial charge is 0.394 e. The lowest BCUT2D eigenvalue weighted by atomic mass is 9.74. The molecule has 1 fully saturated rings. The second kappa shape index (κ2) is 5.56. The van der Waals surface area contributed by atoms with Crippen molar-refractivity contribution in [1.29, 1.82) is 0 Å². The summed E-state index contributed by atoms with van der Waals surface area (Å²) in [6.07, 6.45) is 1.23. The van der Waals surface area contributed by atoms with Crippen molar-refractivity contribution in [2.45, 2.75) is 52.1 Å². The average Bonchev–Trinajstić information content (AvgIpc) is 2.22. The van der Waals surface area contributed by atoms with Crippen LogP contribution in [0, 0.1) is 15.5 Å². The third-order valence-corrected chi connectivity index (χ3v) is 3.17. The summed E-state index contributed by atoms with van der Waals surface area (Å²) in [6, 6.07) is -1.68. The molecule has 0 aliphatic heterocycles. The molecule has 2 atom stereocenters. The molecule has 6 nitrogen and oxygen atoms in total. The quantitative estimate of drug-likeness (QED) is 0.604. The van der Waals surface area contributed by atoms with Crippen LogP contribution in [0.3, 0.4) is 0 Å². The molecular weight excluding hydrogens is 236 g/mol. The van der Waals surface area contributed by atoms with Gasteiger partial charge in [-0.25, -0.2) is 0 Å². The molecule has 1 aliphatic rings. The number of aliphatic imine (C=N–C) groups is 1. The van der Waals surface area contributed by atoms with E-state index in [4.69, 9.17) is 5.11 Å². The predicted molar refractivity (Wildman–Crippen MR) is 67.4 cm³/mol. The zero-order valence-electron chi connectivity index (χ0n) is 11.0. The summed E-state index contributed by atoms with van der Waals surface area (Å²) in [4.78, 5) is 26.5. The Morgan fingerprint density at radius 1 is 1.56 bits per heavy atom. The predicted octanol–water partition coefficient (Wildman–Crippen LogP) is 1.23. The smallest absolute Gasteiger partial charge is 0.307 e. The lowest BCUT2D eigenvalue weighted by molar-refractivity contribution is -0.490. The maximum absolute atomic E-state index is 11.8.